The lowest BCUT2D eigenvalue weighted by atomic mass is 10.1. The van der Waals surface area contributed by atoms with Crippen molar-refractivity contribution >= 4 is 40.9 Å². The zero-order valence-electron chi connectivity index (χ0n) is 16.2. The van der Waals surface area contributed by atoms with Gasteiger partial charge in [-0.25, -0.2) is 0 Å². The van der Waals surface area contributed by atoms with Crippen molar-refractivity contribution in [2.75, 3.05) is 5.32 Å². The third-order valence-electron chi connectivity index (χ3n) is 4.28. The van der Waals surface area contributed by atoms with Crippen LogP contribution in [-0.4, -0.2) is 5.91 Å². The first-order valence-corrected chi connectivity index (χ1v) is 9.87. The summed E-state index contributed by atoms with van der Waals surface area (Å²) in [5.41, 5.74) is 3.16. The molecule has 0 heterocycles. The van der Waals surface area contributed by atoms with Crippen LogP contribution in [0.15, 0.2) is 72.3 Å². The number of halogens is 2. The Balaban J connectivity index is 1.67. The second-order valence-electron chi connectivity index (χ2n) is 6.56. The third kappa shape index (κ3) is 5.64. The van der Waals surface area contributed by atoms with Gasteiger partial charge in [0.1, 0.15) is 24.0 Å². The molecule has 0 radical (unpaired) electrons. The van der Waals surface area contributed by atoms with E-state index in [1.54, 1.807) is 42.5 Å². The summed E-state index contributed by atoms with van der Waals surface area (Å²) >= 11 is 12.1. The highest BCUT2D eigenvalue weighted by molar-refractivity contribution is 6.40. The molecule has 0 bridgehead atoms. The topological polar surface area (TPSA) is 62.1 Å². The number of hydrogen-bond acceptors (Lipinski definition) is 3. The van der Waals surface area contributed by atoms with Crippen LogP contribution < -0.4 is 10.1 Å². The summed E-state index contributed by atoms with van der Waals surface area (Å²) < 4.78 is 5.78. The normalized spacial score (nSPS) is 10.9. The van der Waals surface area contributed by atoms with Crippen LogP contribution in [0.4, 0.5) is 5.69 Å². The van der Waals surface area contributed by atoms with Crippen LogP contribution in [0.3, 0.4) is 0 Å². The van der Waals surface area contributed by atoms with Gasteiger partial charge in [0.25, 0.3) is 5.91 Å². The van der Waals surface area contributed by atoms with Crippen LogP contribution in [-0.2, 0) is 11.4 Å². The van der Waals surface area contributed by atoms with E-state index in [-0.39, 0.29) is 11.3 Å². The van der Waals surface area contributed by atoms with Crippen molar-refractivity contribution in [1.82, 2.24) is 0 Å². The summed E-state index contributed by atoms with van der Waals surface area (Å²) in [7, 11) is 0. The lowest BCUT2D eigenvalue weighted by Crippen LogP contribution is -2.14. The molecule has 0 spiro atoms. The van der Waals surface area contributed by atoms with Gasteiger partial charge in [0.2, 0.25) is 0 Å². The van der Waals surface area contributed by atoms with Crippen LogP contribution in [0.25, 0.3) is 6.08 Å². The van der Waals surface area contributed by atoms with Crippen molar-refractivity contribution in [2.45, 2.75) is 13.5 Å². The first kappa shape index (κ1) is 21.4. The molecule has 0 fully saturated rings. The van der Waals surface area contributed by atoms with Gasteiger partial charge in [0.15, 0.2) is 0 Å². The van der Waals surface area contributed by atoms with Crippen molar-refractivity contribution < 1.29 is 9.53 Å². The molecule has 0 aliphatic heterocycles. The maximum absolute atomic E-state index is 12.5. The molecule has 3 aromatic rings. The molecule has 1 N–H and O–H groups in total. The van der Waals surface area contributed by atoms with E-state index in [4.69, 9.17) is 27.9 Å². The van der Waals surface area contributed by atoms with E-state index in [1.165, 1.54) is 11.6 Å². The smallest absolute Gasteiger partial charge is 0.266 e. The van der Waals surface area contributed by atoms with Crippen molar-refractivity contribution in [3.8, 4) is 11.8 Å². The van der Waals surface area contributed by atoms with Gasteiger partial charge in [0, 0.05) is 0 Å². The monoisotopic (exact) mass is 436 g/mol. The van der Waals surface area contributed by atoms with Crippen LogP contribution in [0, 0.1) is 18.3 Å². The molecular weight excluding hydrogens is 419 g/mol. The first-order valence-electron chi connectivity index (χ1n) is 9.12. The summed E-state index contributed by atoms with van der Waals surface area (Å²) in [5.74, 6) is 0.103. The standard InChI is InChI=1S/C24H18Cl2N2O2/c1-16-5-7-18(8-6-16)15-30-20-11-9-17(10-12-20)13-19(14-27)24(29)28-23-21(25)3-2-4-22(23)26/h2-13H,15H2,1H3,(H,28,29)/b19-13+. The van der Waals surface area contributed by atoms with Gasteiger partial charge >= 0.3 is 0 Å². The fraction of sp³-hybridized carbons (Fsp3) is 0.0833. The van der Waals surface area contributed by atoms with Gasteiger partial charge in [-0.1, -0.05) is 71.2 Å². The minimum Gasteiger partial charge on any atom is -0.489 e. The molecule has 0 atom stereocenters. The molecule has 0 unspecified atom stereocenters. The van der Waals surface area contributed by atoms with Gasteiger partial charge in [-0.2, -0.15) is 5.26 Å². The number of nitrogens with zero attached hydrogens (tertiary/aromatic N) is 1. The minimum absolute atomic E-state index is 0.0701. The molecule has 3 aromatic carbocycles. The zero-order valence-corrected chi connectivity index (χ0v) is 17.7. The molecule has 150 valence electrons. The fourth-order valence-electron chi connectivity index (χ4n) is 2.62. The summed E-state index contributed by atoms with van der Waals surface area (Å²) in [6.45, 7) is 2.50. The van der Waals surface area contributed by atoms with E-state index >= 15 is 0 Å². The van der Waals surface area contributed by atoms with Gasteiger partial charge in [-0.3, -0.25) is 4.79 Å². The Hall–Kier alpha value is -3.26. The number of hydrogen-bond donors (Lipinski definition) is 1. The predicted molar refractivity (Wildman–Crippen MR) is 121 cm³/mol. The van der Waals surface area contributed by atoms with Gasteiger partial charge in [0.05, 0.1) is 15.7 Å². The molecular formula is C24H18Cl2N2O2. The molecule has 6 heteroatoms. The van der Waals surface area contributed by atoms with Gasteiger partial charge in [-0.15, -0.1) is 0 Å². The number of para-hydroxylation sites is 1. The Morgan fingerprint density at radius 2 is 1.67 bits per heavy atom. The number of nitriles is 1. The number of amides is 1. The summed E-state index contributed by atoms with van der Waals surface area (Å²) in [5, 5.41) is 12.6. The predicted octanol–water partition coefficient (Wildman–Crippen LogP) is 6.43. The number of anilines is 1. The first-order chi connectivity index (χ1) is 14.5. The van der Waals surface area contributed by atoms with E-state index in [2.05, 4.69) is 5.32 Å². The Labute approximate surface area is 185 Å². The fourth-order valence-corrected chi connectivity index (χ4v) is 3.12. The lowest BCUT2D eigenvalue weighted by Gasteiger charge is -2.09. The molecule has 4 nitrogen and oxygen atoms in total. The average Bonchev–Trinajstić information content (AvgIpc) is 2.75. The average molecular weight is 437 g/mol. The largest absolute Gasteiger partial charge is 0.489 e. The van der Waals surface area contributed by atoms with E-state index in [9.17, 15) is 10.1 Å². The van der Waals surface area contributed by atoms with E-state index in [1.807, 2.05) is 37.3 Å². The Morgan fingerprint density at radius 3 is 2.27 bits per heavy atom. The molecule has 0 saturated carbocycles. The van der Waals surface area contributed by atoms with Crippen LogP contribution >= 0.6 is 23.2 Å². The maximum atomic E-state index is 12.5. The zero-order chi connectivity index (χ0) is 21.5. The highest BCUT2D eigenvalue weighted by Crippen LogP contribution is 2.30. The van der Waals surface area contributed by atoms with E-state index < -0.39 is 5.91 Å². The second kappa shape index (κ2) is 9.98. The van der Waals surface area contributed by atoms with Crippen molar-refractivity contribution in [2.24, 2.45) is 0 Å². The third-order valence-corrected chi connectivity index (χ3v) is 4.91. The minimum atomic E-state index is -0.591. The Morgan fingerprint density at radius 1 is 1.03 bits per heavy atom. The maximum Gasteiger partial charge on any atom is 0.266 e. The van der Waals surface area contributed by atoms with Crippen molar-refractivity contribution in [3.63, 3.8) is 0 Å². The molecule has 3 rings (SSSR count). The summed E-state index contributed by atoms with van der Waals surface area (Å²) in [6, 6.07) is 22.0. The van der Waals surface area contributed by atoms with Gasteiger partial charge < -0.3 is 10.1 Å². The molecule has 1 amide bonds. The number of carbonyl (C=O) groups is 1. The molecule has 0 aliphatic carbocycles. The summed E-state index contributed by atoms with van der Waals surface area (Å²) in [6.07, 6.45) is 1.49. The molecule has 30 heavy (non-hydrogen) atoms. The van der Waals surface area contributed by atoms with Gasteiger partial charge in [-0.05, 0) is 48.4 Å². The molecule has 0 aromatic heterocycles. The van der Waals surface area contributed by atoms with Crippen molar-refractivity contribution in [3.05, 3.63) is 99.0 Å². The number of aryl methyl sites for hydroxylation is 1. The SMILES string of the molecule is Cc1ccc(COc2ccc(/C=C(\C#N)C(=O)Nc3c(Cl)cccc3Cl)cc2)cc1. The molecule has 0 aliphatic rings. The molecule has 0 saturated heterocycles. The van der Waals surface area contributed by atoms with Crippen LogP contribution in [0.5, 0.6) is 5.75 Å². The number of nitrogens with one attached hydrogen (secondary N) is 1. The highest BCUT2D eigenvalue weighted by atomic mass is 35.5. The number of rotatable bonds is 6. The Bertz CT molecular complexity index is 1100. The number of benzene rings is 3. The van der Waals surface area contributed by atoms with Crippen molar-refractivity contribution in [1.29, 1.82) is 5.26 Å². The Kier molecular flexibility index (Phi) is 7.13. The van der Waals surface area contributed by atoms with Crippen LogP contribution in [0.2, 0.25) is 10.0 Å². The lowest BCUT2D eigenvalue weighted by molar-refractivity contribution is -0.112. The van der Waals surface area contributed by atoms with Crippen LogP contribution in [0.1, 0.15) is 16.7 Å². The quantitative estimate of drug-likeness (QED) is 0.357. The number of carbonyl (C=O) groups excluding carboxylic acids is 1. The highest BCUT2D eigenvalue weighted by Gasteiger charge is 2.13. The summed E-state index contributed by atoms with van der Waals surface area (Å²) in [4.78, 5) is 12.5. The number of ether oxygens (including phenoxy) is 1. The van der Waals surface area contributed by atoms with E-state index in [0.29, 0.717) is 28.0 Å². The van der Waals surface area contributed by atoms with E-state index in [0.717, 1.165) is 5.56 Å². The second-order valence-corrected chi connectivity index (χ2v) is 7.38.